The second kappa shape index (κ2) is 8.59. The molecule has 0 aliphatic heterocycles. The molecule has 3 aromatic carbocycles. The number of hydrogen-bond donors (Lipinski definition) is 1. The van der Waals surface area contributed by atoms with E-state index in [-0.39, 0.29) is 15.8 Å². The van der Waals surface area contributed by atoms with E-state index in [1.54, 1.807) is 34.9 Å². The van der Waals surface area contributed by atoms with Crippen LogP contribution in [0.2, 0.25) is 5.02 Å². The molecule has 4 rings (SSSR count). The van der Waals surface area contributed by atoms with Crippen LogP contribution >= 0.6 is 22.9 Å². The van der Waals surface area contributed by atoms with Crippen LogP contribution in [0.3, 0.4) is 0 Å². The van der Waals surface area contributed by atoms with Gasteiger partial charge in [0.25, 0.3) is 0 Å². The minimum absolute atomic E-state index is 0.138. The Balaban J connectivity index is 1.64. The molecule has 0 saturated heterocycles. The van der Waals surface area contributed by atoms with Gasteiger partial charge in [-0.2, -0.15) is 0 Å². The van der Waals surface area contributed by atoms with Gasteiger partial charge in [0.15, 0.2) is 0 Å². The van der Waals surface area contributed by atoms with Crippen molar-refractivity contribution >= 4 is 43.2 Å². The molecule has 160 valence electrons. The molecule has 5 nitrogen and oxygen atoms in total. The van der Waals surface area contributed by atoms with Crippen molar-refractivity contribution in [2.75, 3.05) is 0 Å². The fourth-order valence-electron chi connectivity index (χ4n) is 3.57. The molecule has 0 aliphatic rings. The molecular weight excluding hydrogens is 452 g/mol. The Labute approximate surface area is 190 Å². The van der Waals surface area contributed by atoms with Gasteiger partial charge in [0.05, 0.1) is 21.7 Å². The molecule has 0 amide bonds. The zero-order valence-electron chi connectivity index (χ0n) is 17.0. The highest BCUT2D eigenvalue weighted by Gasteiger charge is 2.21. The number of hydrogen-bond acceptors (Lipinski definition) is 4. The van der Waals surface area contributed by atoms with Gasteiger partial charge in [-0.05, 0) is 60.9 Å². The molecular formula is C23H21ClN2O3S2. The highest BCUT2D eigenvalue weighted by Crippen LogP contribution is 2.25. The van der Waals surface area contributed by atoms with Crippen LogP contribution < -0.4 is 9.60 Å². The summed E-state index contributed by atoms with van der Waals surface area (Å²) in [4.78, 5) is 12.6. The normalized spacial score (nSPS) is 12.9. The third kappa shape index (κ3) is 4.60. The summed E-state index contributed by atoms with van der Waals surface area (Å²) in [6.45, 7) is 4.16. The third-order valence-corrected chi connectivity index (χ3v) is 7.92. The van der Waals surface area contributed by atoms with E-state index in [0.717, 1.165) is 28.0 Å². The molecule has 0 spiro atoms. The number of sulfonamides is 1. The molecule has 8 heteroatoms. The number of aromatic nitrogens is 1. The highest BCUT2D eigenvalue weighted by molar-refractivity contribution is 7.89. The van der Waals surface area contributed by atoms with Crippen LogP contribution in [-0.2, 0) is 16.6 Å². The maximum absolute atomic E-state index is 13.0. The summed E-state index contributed by atoms with van der Waals surface area (Å²) in [6.07, 6.45) is 0. The lowest BCUT2D eigenvalue weighted by molar-refractivity contribution is 0.566. The minimum atomic E-state index is -3.75. The molecule has 0 bridgehead atoms. The van der Waals surface area contributed by atoms with Crippen molar-refractivity contribution in [3.8, 4) is 0 Å². The second-order valence-corrected chi connectivity index (χ2v) is 10.6. The summed E-state index contributed by atoms with van der Waals surface area (Å²) in [5.41, 5.74) is 3.59. The van der Waals surface area contributed by atoms with Gasteiger partial charge in [-0.25, -0.2) is 13.1 Å². The van der Waals surface area contributed by atoms with Crippen molar-refractivity contribution < 1.29 is 8.42 Å². The molecule has 1 N–H and O–H groups in total. The molecule has 1 atom stereocenters. The van der Waals surface area contributed by atoms with E-state index in [0.29, 0.717) is 21.8 Å². The molecule has 0 radical (unpaired) electrons. The fraction of sp³-hybridized carbons (Fsp3) is 0.174. The summed E-state index contributed by atoms with van der Waals surface area (Å²) in [5, 5.41) is 0.633. The van der Waals surface area contributed by atoms with Crippen molar-refractivity contribution in [1.82, 2.24) is 9.29 Å². The minimum Gasteiger partial charge on any atom is -0.294 e. The Morgan fingerprint density at radius 3 is 2.48 bits per heavy atom. The van der Waals surface area contributed by atoms with E-state index in [1.165, 1.54) is 0 Å². The molecule has 1 heterocycles. The number of rotatable bonds is 6. The molecule has 1 unspecified atom stereocenters. The van der Waals surface area contributed by atoms with E-state index < -0.39 is 10.0 Å². The van der Waals surface area contributed by atoms with Gasteiger partial charge in [0.1, 0.15) is 0 Å². The number of nitrogens with one attached hydrogen (secondary N) is 1. The topological polar surface area (TPSA) is 68.2 Å². The van der Waals surface area contributed by atoms with Gasteiger partial charge < -0.3 is 0 Å². The smallest absolute Gasteiger partial charge is 0.294 e. The predicted molar refractivity (Wildman–Crippen MR) is 127 cm³/mol. The van der Waals surface area contributed by atoms with Crippen LogP contribution in [0.4, 0.5) is 0 Å². The lowest BCUT2D eigenvalue weighted by atomic mass is 10.0. The van der Waals surface area contributed by atoms with Crippen molar-refractivity contribution in [2.45, 2.75) is 31.3 Å². The van der Waals surface area contributed by atoms with Crippen molar-refractivity contribution in [3.63, 3.8) is 0 Å². The van der Waals surface area contributed by atoms with Crippen molar-refractivity contribution in [3.05, 3.63) is 98.1 Å². The Hall–Kier alpha value is -2.45. The molecule has 0 fully saturated rings. The van der Waals surface area contributed by atoms with Crippen molar-refractivity contribution in [2.24, 2.45) is 0 Å². The lowest BCUT2D eigenvalue weighted by Gasteiger charge is -2.17. The van der Waals surface area contributed by atoms with E-state index >= 15 is 0 Å². The number of halogens is 1. The Morgan fingerprint density at radius 1 is 1.06 bits per heavy atom. The monoisotopic (exact) mass is 472 g/mol. The van der Waals surface area contributed by atoms with Crippen LogP contribution in [0.15, 0.2) is 76.4 Å². The van der Waals surface area contributed by atoms with Crippen LogP contribution in [0.25, 0.3) is 10.2 Å². The van der Waals surface area contributed by atoms with Crippen LogP contribution in [-0.4, -0.2) is 13.0 Å². The van der Waals surface area contributed by atoms with Crippen molar-refractivity contribution in [1.29, 1.82) is 0 Å². The summed E-state index contributed by atoms with van der Waals surface area (Å²) in [6, 6.07) is 19.4. The standard InChI is InChI=1S/C23H21ClN2O3S2/c1-15-5-3-4-6-20(15)16(2)25-31(28,29)19-11-12-21-22(13-19)30-23(27)26(21)14-17-7-9-18(24)10-8-17/h3-13,16,25H,14H2,1-2H3. The van der Waals surface area contributed by atoms with Crippen LogP contribution in [0, 0.1) is 6.92 Å². The van der Waals surface area contributed by atoms with E-state index in [4.69, 9.17) is 11.6 Å². The van der Waals surface area contributed by atoms with E-state index in [9.17, 15) is 13.2 Å². The summed E-state index contributed by atoms with van der Waals surface area (Å²) in [5.74, 6) is 0. The summed E-state index contributed by atoms with van der Waals surface area (Å²) >= 11 is 6.97. The number of benzene rings is 3. The zero-order valence-corrected chi connectivity index (χ0v) is 19.4. The zero-order chi connectivity index (χ0) is 22.2. The average molecular weight is 473 g/mol. The highest BCUT2D eigenvalue weighted by atomic mass is 35.5. The number of aryl methyl sites for hydroxylation is 1. The van der Waals surface area contributed by atoms with E-state index in [1.807, 2.05) is 50.2 Å². The SMILES string of the molecule is Cc1ccccc1C(C)NS(=O)(=O)c1ccc2c(c1)sc(=O)n2Cc1ccc(Cl)cc1. The van der Waals surface area contributed by atoms with Gasteiger partial charge in [-0.3, -0.25) is 9.36 Å². The van der Waals surface area contributed by atoms with Gasteiger partial charge >= 0.3 is 4.87 Å². The molecule has 1 aromatic heterocycles. The van der Waals surface area contributed by atoms with E-state index in [2.05, 4.69) is 4.72 Å². The Kier molecular flexibility index (Phi) is 6.03. The van der Waals surface area contributed by atoms with Gasteiger partial charge in [-0.1, -0.05) is 59.3 Å². The van der Waals surface area contributed by atoms with Gasteiger partial charge in [-0.15, -0.1) is 0 Å². The molecule has 4 aromatic rings. The fourth-order valence-corrected chi connectivity index (χ4v) is 5.95. The summed E-state index contributed by atoms with van der Waals surface area (Å²) < 4.78 is 31.0. The largest absolute Gasteiger partial charge is 0.308 e. The second-order valence-electron chi connectivity index (χ2n) is 7.41. The summed E-state index contributed by atoms with van der Waals surface area (Å²) in [7, 11) is -3.75. The Morgan fingerprint density at radius 2 is 1.77 bits per heavy atom. The number of nitrogens with zero attached hydrogens (tertiary/aromatic N) is 1. The quantitative estimate of drug-likeness (QED) is 0.424. The van der Waals surface area contributed by atoms with Gasteiger partial charge in [0, 0.05) is 11.1 Å². The van der Waals surface area contributed by atoms with Gasteiger partial charge in [0.2, 0.25) is 10.0 Å². The lowest BCUT2D eigenvalue weighted by Crippen LogP contribution is -2.27. The molecule has 0 saturated carbocycles. The first-order valence-electron chi connectivity index (χ1n) is 9.70. The van der Waals surface area contributed by atoms with Crippen LogP contribution in [0.5, 0.6) is 0 Å². The molecule has 31 heavy (non-hydrogen) atoms. The molecule has 0 aliphatic carbocycles. The maximum Gasteiger partial charge on any atom is 0.308 e. The Bertz CT molecular complexity index is 1410. The number of fused-ring (bicyclic) bond motifs is 1. The maximum atomic E-state index is 13.0. The predicted octanol–water partition coefficient (Wildman–Crippen LogP) is 5.11. The first kappa shape index (κ1) is 21.8. The van der Waals surface area contributed by atoms with Crippen LogP contribution in [0.1, 0.15) is 29.7 Å². The number of thiazole rings is 1. The first-order chi connectivity index (χ1) is 14.7. The first-order valence-corrected chi connectivity index (χ1v) is 12.4. The average Bonchev–Trinajstić information content (AvgIpc) is 3.04. The third-order valence-electron chi connectivity index (χ3n) is 5.19.